The summed E-state index contributed by atoms with van der Waals surface area (Å²) < 4.78 is 0. The van der Waals surface area contributed by atoms with Crippen molar-refractivity contribution in [3.05, 3.63) is 28.8 Å². The van der Waals surface area contributed by atoms with Crippen molar-refractivity contribution in [1.82, 2.24) is 4.90 Å². The van der Waals surface area contributed by atoms with Crippen molar-refractivity contribution < 1.29 is 14.4 Å². The second-order valence-electron chi connectivity index (χ2n) is 5.52. The van der Waals surface area contributed by atoms with Gasteiger partial charge in [-0.15, -0.1) is 0 Å². The van der Waals surface area contributed by atoms with Crippen molar-refractivity contribution in [3.8, 4) is 0 Å². The van der Waals surface area contributed by atoms with Gasteiger partial charge in [-0.2, -0.15) is 0 Å². The fourth-order valence-corrected chi connectivity index (χ4v) is 2.70. The lowest BCUT2D eigenvalue weighted by molar-refractivity contribution is -0.132. The normalized spacial score (nSPS) is 15.5. The second-order valence-corrected chi connectivity index (χ2v) is 5.93. The highest BCUT2D eigenvalue weighted by molar-refractivity contribution is 6.33. The molecule has 1 aliphatic heterocycles. The zero-order valence-corrected chi connectivity index (χ0v) is 13.4. The molecular formula is C16H19ClN2O3. The summed E-state index contributed by atoms with van der Waals surface area (Å²) in [4.78, 5) is 36.8. The van der Waals surface area contributed by atoms with Crippen LogP contribution in [0, 0.1) is 5.92 Å². The van der Waals surface area contributed by atoms with E-state index < -0.39 is 0 Å². The van der Waals surface area contributed by atoms with Gasteiger partial charge in [-0.1, -0.05) is 11.6 Å². The predicted octanol–water partition coefficient (Wildman–Crippen LogP) is 2.74. The van der Waals surface area contributed by atoms with E-state index >= 15 is 0 Å². The third-order valence-corrected chi connectivity index (χ3v) is 4.27. The van der Waals surface area contributed by atoms with Crippen LogP contribution in [0.2, 0.25) is 5.02 Å². The van der Waals surface area contributed by atoms with E-state index in [0.717, 1.165) is 0 Å². The predicted molar refractivity (Wildman–Crippen MR) is 85.1 cm³/mol. The maximum atomic E-state index is 12.3. The van der Waals surface area contributed by atoms with Gasteiger partial charge >= 0.3 is 0 Å². The number of hydrogen-bond donors (Lipinski definition) is 1. The Bertz CT molecular complexity index is 607. The van der Waals surface area contributed by atoms with E-state index in [0.29, 0.717) is 42.2 Å². The van der Waals surface area contributed by atoms with Gasteiger partial charge in [0.05, 0.1) is 10.7 Å². The van der Waals surface area contributed by atoms with E-state index in [1.807, 2.05) is 0 Å². The highest BCUT2D eigenvalue weighted by atomic mass is 35.5. The Kier molecular flexibility index (Phi) is 5.19. The molecule has 0 bridgehead atoms. The van der Waals surface area contributed by atoms with Crippen LogP contribution < -0.4 is 5.32 Å². The van der Waals surface area contributed by atoms with Crippen LogP contribution in [-0.2, 0) is 9.59 Å². The van der Waals surface area contributed by atoms with Gasteiger partial charge < -0.3 is 10.2 Å². The van der Waals surface area contributed by atoms with Crippen LogP contribution in [0.3, 0.4) is 0 Å². The van der Waals surface area contributed by atoms with E-state index in [4.69, 9.17) is 11.6 Å². The van der Waals surface area contributed by atoms with E-state index in [-0.39, 0.29) is 23.5 Å². The smallest absolute Gasteiger partial charge is 0.227 e. The summed E-state index contributed by atoms with van der Waals surface area (Å²) in [5.74, 6) is -0.309. The van der Waals surface area contributed by atoms with Crippen molar-refractivity contribution in [2.45, 2.75) is 26.7 Å². The van der Waals surface area contributed by atoms with Gasteiger partial charge in [0.1, 0.15) is 0 Å². The second kappa shape index (κ2) is 6.92. The van der Waals surface area contributed by atoms with Gasteiger partial charge in [0.15, 0.2) is 5.78 Å². The summed E-state index contributed by atoms with van der Waals surface area (Å²) in [7, 11) is 0. The molecule has 6 heteroatoms. The summed E-state index contributed by atoms with van der Waals surface area (Å²) in [6, 6.07) is 4.82. The van der Waals surface area contributed by atoms with Crippen molar-refractivity contribution in [2.75, 3.05) is 18.4 Å². The summed E-state index contributed by atoms with van der Waals surface area (Å²) in [6.45, 7) is 4.18. The van der Waals surface area contributed by atoms with Gasteiger partial charge in [-0.05, 0) is 38.0 Å². The van der Waals surface area contributed by atoms with Crippen LogP contribution in [-0.4, -0.2) is 35.6 Å². The lowest BCUT2D eigenvalue weighted by Crippen LogP contribution is -2.40. The monoisotopic (exact) mass is 322 g/mol. The van der Waals surface area contributed by atoms with Crippen molar-refractivity contribution in [3.63, 3.8) is 0 Å². The Labute approximate surface area is 134 Å². The maximum absolute atomic E-state index is 12.3. The topological polar surface area (TPSA) is 66.5 Å². The fraction of sp³-hybridized carbons (Fsp3) is 0.438. The Morgan fingerprint density at radius 2 is 1.82 bits per heavy atom. The molecule has 118 valence electrons. The molecule has 0 atom stereocenters. The van der Waals surface area contributed by atoms with Gasteiger partial charge in [-0.3, -0.25) is 14.4 Å². The molecule has 1 fully saturated rings. The number of nitrogens with one attached hydrogen (secondary N) is 1. The fourth-order valence-electron chi connectivity index (χ4n) is 2.53. The molecule has 5 nitrogen and oxygen atoms in total. The molecule has 0 radical (unpaired) electrons. The van der Waals surface area contributed by atoms with E-state index in [9.17, 15) is 14.4 Å². The Morgan fingerprint density at radius 3 is 2.36 bits per heavy atom. The summed E-state index contributed by atoms with van der Waals surface area (Å²) >= 11 is 6.07. The Hall–Kier alpha value is -1.88. The number of ketones is 1. The van der Waals surface area contributed by atoms with Crippen LogP contribution in [0.1, 0.15) is 37.0 Å². The first-order valence-corrected chi connectivity index (χ1v) is 7.63. The number of benzene rings is 1. The van der Waals surface area contributed by atoms with Crippen molar-refractivity contribution in [2.24, 2.45) is 5.92 Å². The van der Waals surface area contributed by atoms with Gasteiger partial charge in [0, 0.05) is 31.5 Å². The first-order chi connectivity index (χ1) is 10.4. The number of Topliss-reactive ketones (excluding diaryl/α,β-unsaturated/α-hetero) is 1. The molecule has 2 rings (SSSR count). The number of anilines is 1. The van der Waals surface area contributed by atoms with E-state index in [1.165, 1.54) is 13.8 Å². The van der Waals surface area contributed by atoms with Gasteiger partial charge in [0.2, 0.25) is 11.8 Å². The summed E-state index contributed by atoms with van der Waals surface area (Å²) in [5.41, 5.74) is 0.958. The van der Waals surface area contributed by atoms with Crippen LogP contribution in [0.5, 0.6) is 0 Å². The zero-order chi connectivity index (χ0) is 16.3. The minimum Gasteiger partial charge on any atom is -0.343 e. The molecule has 1 aromatic rings. The standard InChI is InChI=1S/C16H19ClN2O3/c1-10(20)13-3-4-14(17)15(9-13)18-16(22)12-5-7-19(8-6-12)11(2)21/h3-4,9,12H,5-8H2,1-2H3,(H,18,22). The number of piperidine rings is 1. The minimum atomic E-state index is -0.146. The van der Waals surface area contributed by atoms with Crippen LogP contribution in [0.25, 0.3) is 0 Å². The molecule has 1 N–H and O–H groups in total. The first-order valence-electron chi connectivity index (χ1n) is 7.25. The molecule has 1 aromatic carbocycles. The number of hydrogen-bond acceptors (Lipinski definition) is 3. The van der Waals surface area contributed by atoms with Crippen molar-refractivity contribution in [1.29, 1.82) is 0 Å². The number of halogens is 1. The molecule has 22 heavy (non-hydrogen) atoms. The SMILES string of the molecule is CC(=O)c1ccc(Cl)c(NC(=O)C2CCN(C(C)=O)CC2)c1. The lowest BCUT2D eigenvalue weighted by Gasteiger charge is -2.30. The maximum Gasteiger partial charge on any atom is 0.227 e. The van der Waals surface area contributed by atoms with E-state index in [1.54, 1.807) is 23.1 Å². The Morgan fingerprint density at radius 1 is 1.18 bits per heavy atom. The molecule has 1 aliphatic rings. The molecule has 0 saturated carbocycles. The zero-order valence-electron chi connectivity index (χ0n) is 12.7. The summed E-state index contributed by atoms with van der Waals surface area (Å²) in [5, 5.41) is 3.20. The average molecular weight is 323 g/mol. The molecule has 0 spiro atoms. The molecule has 1 saturated heterocycles. The number of likely N-dealkylation sites (tertiary alicyclic amines) is 1. The molecule has 2 amide bonds. The van der Waals surface area contributed by atoms with Crippen LogP contribution in [0.4, 0.5) is 5.69 Å². The van der Waals surface area contributed by atoms with Crippen molar-refractivity contribution >= 4 is 34.9 Å². The van der Waals surface area contributed by atoms with Crippen LogP contribution in [0.15, 0.2) is 18.2 Å². The molecular weight excluding hydrogens is 304 g/mol. The van der Waals surface area contributed by atoms with Gasteiger partial charge in [-0.25, -0.2) is 0 Å². The number of carbonyl (C=O) groups excluding carboxylic acids is 3. The number of amides is 2. The molecule has 1 heterocycles. The summed E-state index contributed by atoms with van der Waals surface area (Å²) in [6.07, 6.45) is 1.27. The Balaban J connectivity index is 2.02. The molecule has 0 unspecified atom stereocenters. The number of rotatable bonds is 3. The lowest BCUT2D eigenvalue weighted by atomic mass is 9.95. The highest BCUT2D eigenvalue weighted by Gasteiger charge is 2.26. The first kappa shape index (κ1) is 16.5. The molecule has 0 aromatic heterocycles. The quantitative estimate of drug-likeness (QED) is 0.870. The number of nitrogens with zero attached hydrogens (tertiary/aromatic N) is 1. The average Bonchev–Trinajstić information content (AvgIpc) is 2.49. The molecule has 0 aliphatic carbocycles. The number of carbonyl (C=O) groups is 3. The largest absolute Gasteiger partial charge is 0.343 e. The highest BCUT2D eigenvalue weighted by Crippen LogP contribution is 2.26. The third-order valence-electron chi connectivity index (χ3n) is 3.94. The van der Waals surface area contributed by atoms with Gasteiger partial charge in [0.25, 0.3) is 0 Å². The third kappa shape index (κ3) is 3.85. The minimum absolute atomic E-state index is 0.0380. The van der Waals surface area contributed by atoms with Crippen LogP contribution >= 0.6 is 11.6 Å². The van der Waals surface area contributed by atoms with E-state index in [2.05, 4.69) is 5.32 Å².